The number of nitrogens with zero attached hydrogens (tertiary/aromatic N) is 3. The van der Waals surface area contributed by atoms with E-state index in [0.717, 1.165) is 31.6 Å². The Balaban J connectivity index is 2.04. The summed E-state index contributed by atoms with van der Waals surface area (Å²) in [6, 6.07) is 5.95. The van der Waals surface area contributed by atoms with Crippen LogP contribution in [0.2, 0.25) is 0 Å². The molecule has 1 aliphatic rings. The SMILES string of the molecule is CN(C)C1CCN(Cc2ccc(Br)c([N+](=O)[O-])c2)C1. The van der Waals surface area contributed by atoms with Crippen molar-refractivity contribution in [2.45, 2.75) is 19.0 Å². The minimum Gasteiger partial charge on any atom is -0.305 e. The summed E-state index contributed by atoms with van der Waals surface area (Å²) in [6.07, 6.45) is 1.16. The predicted molar refractivity (Wildman–Crippen MR) is 78.2 cm³/mol. The molecule has 0 radical (unpaired) electrons. The number of likely N-dealkylation sites (N-methyl/N-ethyl adjacent to an activating group) is 1. The Labute approximate surface area is 121 Å². The molecule has 0 bridgehead atoms. The van der Waals surface area contributed by atoms with Gasteiger partial charge in [0.1, 0.15) is 0 Å². The lowest BCUT2D eigenvalue weighted by Crippen LogP contribution is -2.31. The van der Waals surface area contributed by atoms with E-state index < -0.39 is 0 Å². The molecule has 0 aliphatic carbocycles. The van der Waals surface area contributed by atoms with Crippen molar-refractivity contribution >= 4 is 21.6 Å². The summed E-state index contributed by atoms with van der Waals surface area (Å²) in [5.41, 5.74) is 1.13. The van der Waals surface area contributed by atoms with Crippen LogP contribution in [0.3, 0.4) is 0 Å². The van der Waals surface area contributed by atoms with Crippen LogP contribution >= 0.6 is 15.9 Å². The molecule has 1 unspecified atom stereocenters. The number of hydrogen-bond donors (Lipinski definition) is 0. The largest absolute Gasteiger partial charge is 0.305 e. The van der Waals surface area contributed by atoms with Crippen LogP contribution in [0.1, 0.15) is 12.0 Å². The fourth-order valence-electron chi connectivity index (χ4n) is 2.43. The molecule has 1 heterocycles. The molecule has 0 spiro atoms. The first-order valence-corrected chi connectivity index (χ1v) is 7.08. The van der Waals surface area contributed by atoms with E-state index in [1.165, 1.54) is 0 Å². The van der Waals surface area contributed by atoms with Gasteiger partial charge in [-0.25, -0.2) is 0 Å². The summed E-state index contributed by atoms with van der Waals surface area (Å²) in [5, 5.41) is 10.9. The van der Waals surface area contributed by atoms with E-state index in [1.807, 2.05) is 6.07 Å². The van der Waals surface area contributed by atoms with Gasteiger partial charge in [-0.15, -0.1) is 0 Å². The maximum atomic E-state index is 10.9. The summed E-state index contributed by atoms with van der Waals surface area (Å²) in [7, 11) is 4.19. The summed E-state index contributed by atoms with van der Waals surface area (Å²) in [4.78, 5) is 15.1. The third kappa shape index (κ3) is 3.52. The van der Waals surface area contributed by atoms with E-state index in [-0.39, 0.29) is 10.6 Å². The standard InChI is InChI=1S/C13H18BrN3O2/c1-15(2)11-5-6-16(9-11)8-10-3-4-12(14)13(7-10)17(18)19/h3-4,7,11H,5-6,8-9H2,1-2H3. The van der Waals surface area contributed by atoms with E-state index in [0.29, 0.717) is 10.5 Å². The van der Waals surface area contributed by atoms with Crippen LogP contribution in [0.15, 0.2) is 22.7 Å². The highest BCUT2D eigenvalue weighted by atomic mass is 79.9. The molecule has 6 heteroatoms. The molecule has 0 aromatic heterocycles. The van der Waals surface area contributed by atoms with Crippen molar-refractivity contribution in [3.8, 4) is 0 Å². The quantitative estimate of drug-likeness (QED) is 0.629. The fourth-order valence-corrected chi connectivity index (χ4v) is 2.82. The smallest absolute Gasteiger partial charge is 0.283 e. The van der Waals surface area contributed by atoms with Crippen LogP contribution < -0.4 is 0 Å². The first-order chi connectivity index (χ1) is 8.97. The fraction of sp³-hybridized carbons (Fsp3) is 0.538. The molecule has 5 nitrogen and oxygen atoms in total. The van der Waals surface area contributed by atoms with Crippen molar-refractivity contribution in [1.29, 1.82) is 0 Å². The van der Waals surface area contributed by atoms with Crippen molar-refractivity contribution in [2.24, 2.45) is 0 Å². The monoisotopic (exact) mass is 327 g/mol. The number of benzene rings is 1. The Morgan fingerprint density at radius 2 is 2.26 bits per heavy atom. The molecule has 104 valence electrons. The highest BCUT2D eigenvalue weighted by Crippen LogP contribution is 2.26. The van der Waals surface area contributed by atoms with Gasteiger partial charge in [-0.3, -0.25) is 15.0 Å². The first kappa shape index (κ1) is 14.4. The zero-order valence-electron chi connectivity index (χ0n) is 11.2. The number of hydrogen-bond acceptors (Lipinski definition) is 4. The Morgan fingerprint density at radius 1 is 1.53 bits per heavy atom. The van der Waals surface area contributed by atoms with Gasteiger partial charge in [0, 0.05) is 31.7 Å². The second-order valence-corrected chi connectivity index (χ2v) is 6.04. The van der Waals surface area contributed by atoms with Gasteiger partial charge >= 0.3 is 0 Å². The molecular weight excluding hydrogens is 310 g/mol. The van der Waals surface area contributed by atoms with Gasteiger partial charge in [-0.2, -0.15) is 0 Å². The van der Waals surface area contributed by atoms with Crippen molar-refractivity contribution < 1.29 is 4.92 Å². The molecule has 0 N–H and O–H groups in total. The van der Waals surface area contributed by atoms with E-state index in [9.17, 15) is 10.1 Å². The van der Waals surface area contributed by atoms with Crippen LogP contribution in [0.4, 0.5) is 5.69 Å². The number of nitro groups is 1. The highest BCUT2D eigenvalue weighted by molar-refractivity contribution is 9.10. The number of nitro benzene ring substituents is 1. The van der Waals surface area contributed by atoms with Crippen molar-refractivity contribution in [3.05, 3.63) is 38.3 Å². The van der Waals surface area contributed by atoms with Gasteiger partial charge in [-0.1, -0.05) is 6.07 Å². The van der Waals surface area contributed by atoms with Gasteiger partial charge in [0.25, 0.3) is 5.69 Å². The summed E-state index contributed by atoms with van der Waals surface area (Å²) < 4.78 is 0.536. The number of rotatable bonds is 4. The minimum atomic E-state index is -0.347. The average Bonchev–Trinajstić information content (AvgIpc) is 2.80. The number of likely N-dealkylation sites (tertiary alicyclic amines) is 1. The maximum absolute atomic E-state index is 10.9. The molecule has 1 fully saturated rings. The average molecular weight is 328 g/mol. The lowest BCUT2D eigenvalue weighted by Gasteiger charge is -2.20. The molecule has 0 amide bonds. The second kappa shape index (κ2) is 5.98. The topological polar surface area (TPSA) is 49.6 Å². The molecule has 2 rings (SSSR count). The molecule has 1 atom stereocenters. The lowest BCUT2D eigenvalue weighted by atomic mass is 10.2. The van der Waals surface area contributed by atoms with Gasteiger partial charge in [0.2, 0.25) is 0 Å². The van der Waals surface area contributed by atoms with Gasteiger partial charge < -0.3 is 4.90 Å². The first-order valence-electron chi connectivity index (χ1n) is 6.29. The molecular formula is C13H18BrN3O2. The normalized spacial score (nSPS) is 20.1. The maximum Gasteiger partial charge on any atom is 0.283 e. The molecule has 0 saturated carbocycles. The van der Waals surface area contributed by atoms with Crippen molar-refractivity contribution in [1.82, 2.24) is 9.80 Å². The Hall–Kier alpha value is -0.980. The summed E-state index contributed by atoms with van der Waals surface area (Å²) >= 11 is 3.21. The lowest BCUT2D eigenvalue weighted by molar-refractivity contribution is -0.385. The number of halogens is 1. The van der Waals surface area contributed by atoms with Gasteiger partial charge in [-0.05, 0) is 48.1 Å². The molecule has 1 saturated heterocycles. The van der Waals surface area contributed by atoms with Crippen LogP contribution in [-0.2, 0) is 6.54 Å². The van der Waals surface area contributed by atoms with Crippen molar-refractivity contribution in [2.75, 3.05) is 27.2 Å². The molecule has 1 aromatic rings. The van der Waals surface area contributed by atoms with Crippen LogP contribution in [0.25, 0.3) is 0 Å². The molecule has 1 aromatic carbocycles. The Morgan fingerprint density at radius 3 is 2.84 bits per heavy atom. The highest BCUT2D eigenvalue weighted by Gasteiger charge is 2.24. The second-order valence-electron chi connectivity index (χ2n) is 5.18. The Kier molecular flexibility index (Phi) is 4.54. The van der Waals surface area contributed by atoms with E-state index >= 15 is 0 Å². The van der Waals surface area contributed by atoms with Gasteiger partial charge in [0.15, 0.2) is 0 Å². The summed E-state index contributed by atoms with van der Waals surface area (Å²) in [6.45, 7) is 2.85. The zero-order chi connectivity index (χ0) is 14.0. The third-order valence-corrected chi connectivity index (χ3v) is 4.26. The van der Waals surface area contributed by atoms with Crippen LogP contribution in [-0.4, -0.2) is 47.9 Å². The van der Waals surface area contributed by atoms with Crippen LogP contribution in [0, 0.1) is 10.1 Å². The summed E-state index contributed by atoms with van der Waals surface area (Å²) in [5.74, 6) is 0. The van der Waals surface area contributed by atoms with Gasteiger partial charge in [0.05, 0.1) is 9.40 Å². The minimum absolute atomic E-state index is 0.140. The predicted octanol–water partition coefficient (Wildman–Crippen LogP) is 2.49. The van der Waals surface area contributed by atoms with Crippen LogP contribution in [0.5, 0.6) is 0 Å². The molecule has 1 aliphatic heterocycles. The van der Waals surface area contributed by atoms with E-state index in [1.54, 1.807) is 12.1 Å². The third-order valence-electron chi connectivity index (χ3n) is 3.59. The zero-order valence-corrected chi connectivity index (χ0v) is 12.8. The van der Waals surface area contributed by atoms with E-state index in [2.05, 4.69) is 39.8 Å². The van der Waals surface area contributed by atoms with Crippen molar-refractivity contribution in [3.63, 3.8) is 0 Å². The molecule has 19 heavy (non-hydrogen) atoms. The van der Waals surface area contributed by atoms with E-state index in [4.69, 9.17) is 0 Å². The Bertz CT molecular complexity index is 479.